The smallest absolute Gasteiger partial charge is 0.240 e. The molecule has 0 amide bonds. The van der Waals surface area contributed by atoms with Crippen molar-refractivity contribution in [2.75, 3.05) is 38.0 Å². The van der Waals surface area contributed by atoms with Crippen molar-refractivity contribution in [3.63, 3.8) is 0 Å². The quantitative estimate of drug-likeness (QED) is 0.415. The molecular weight excluding hydrogens is 477 g/mol. The molecule has 0 spiro atoms. The van der Waals surface area contributed by atoms with Gasteiger partial charge in [-0.1, -0.05) is 44.5 Å². The van der Waals surface area contributed by atoms with E-state index in [-0.39, 0.29) is 10.8 Å². The molecule has 0 aromatic heterocycles. The molecule has 2 N–H and O–H groups in total. The fourth-order valence-corrected chi connectivity index (χ4v) is 5.62. The van der Waals surface area contributed by atoms with Gasteiger partial charge in [0.15, 0.2) is 0 Å². The van der Waals surface area contributed by atoms with Gasteiger partial charge in [-0.2, -0.15) is 0 Å². The fraction of sp³-hybridized carbons (Fsp3) is 0.357. The van der Waals surface area contributed by atoms with E-state index in [1.54, 1.807) is 0 Å². The molecule has 3 aromatic carbocycles. The highest BCUT2D eigenvalue weighted by Crippen LogP contribution is 2.39. The second kappa shape index (κ2) is 11.0. The van der Waals surface area contributed by atoms with E-state index < -0.39 is 27.5 Å². The number of rotatable bonds is 10. The van der Waals surface area contributed by atoms with E-state index in [2.05, 4.69) is 4.72 Å². The Kier molecular flexibility index (Phi) is 8.44. The third-order valence-corrected chi connectivity index (χ3v) is 8.17. The largest absolute Gasteiger partial charge is 0.379 e. The second-order valence-electron chi connectivity index (χ2n) is 9.59. The van der Waals surface area contributed by atoms with Crippen LogP contribution < -0.4 is 14.5 Å². The Morgan fingerprint density at radius 1 is 0.833 bits per heavy atom. The maximum absolute atomic E-state index is 13.5. The number of sulfonamides is 1. The van der Waals surface area contributed by atoms with Crippen molar-refractivity contribution in [2.24, 2.45) is 5.92 Å². The Balaban J connectivity index is 2.19. The Morgan fingerprint density at radius 3 is 1.61 bits per heavy atom. The number of nitrogens with one attached hydrogen (secondary N) is 1. The highest BCUT2D eigenvalue weighted by atomic mass is 32.2. The first-order chi connectivity index (χ1) is 16.9. The summed E-state index contributed by atoms with van der Waals surface area (Å²) in [6.45, 7) is 3.86. The lowest BCUT2D eigenvalue weighted by Gasteiger charge is -2.41. The van der Waals surface area contributed by atoms with Crippen LogP contribution in [0, 0.1) is 11.7 Å². The molecule has 194 valence electrons. The molecule has 0 radical (unpaired) electrons. The van der Waals surface area contributed by atoms with Crippen molar-refractivity contribution in [3.8, 4) is 0 Å². The average molecular weight is 514 g/mol. The molecule has 0 saturated carbocycles. The number of aliphatic hydroxyl groups is 1. The van der Waals surface area contributed by atoms with Gasteiger partial charge in [-0.15, -0.1) is 0 Å². The van der Waals surface area contributed by atoms with Crippen LogP contribution in [0.2, 0.25) is 0 Å². The van der Waals surface area contributed by atoms with E-state index in [1.165, 1.54) is 12.1 Å². The van der Waals surface area contributed by atoms with Gasteiger partial charge in [0.1, 0.15) is 11.4 Å². The lowest BCUT2D eigenvalue weighted by molar-refractivity contribution is 0.0247. The first kappa shape index (κ1) is 27.6. The lowest BCUT2D eigenvalue weighted by Crippen LogP contribution is -2.54. The van der Waals surface area contributed by atoms with Crippen LogP contribution in [0.4, 0.5) is 15.8 Å². The predicted molar refractivity (Wildman–Crippen MR) is 145 cm³/mol. The van der Waals surface area contributed by atoms with E-state index in [1.807, 2.05) is 100 Å². The zero-order valence-corrected chi connectivity index (χ0v) is 22.6. The Hall–Kier alpha value is -2.94. The highest BCUT2D eigenvalue weighted by molar-refractivity contribution is 7.89. The highest BCUT2D eigenvalue weighted by Gasteiger charge is 2.45. The summed E-state index contributed by atoms with van der Waals surface area (Å²) in [5, 5.41) is 12.5. The first-order valence-corrected chi connectivity index (χ1v) is 13.4. The lowest BCUT2D eigenvalue weighted by atomic mass is 9.75. The average Bonchev–Trinajstić information content (AvgIpc) is 2.86. The van der Waals surface area contributed by atoms with Crippen molar-refractivity contribution in [1.29, 1.82) is 0 Å². The van der Waals surface area contributed by atoms with Crippen LogP contribution in [0.15, 0.2) is 77.7 Å². The Labute approximate surface area is 214 Å². The molecule has 3 aromatic rings. The summed E-state index contributed by atoms with van der Waals surface area (Å²) >= 11 is 0. The van der Waals surface area contributed by atoms with E-state index in [0.29, 0.717) is 17.5 Å². The molecule has 0 heterocycles. The van der Waals surface area contributed by atoms with Crippen molar-refractivity contribution < 1.29 is 17.9 Å². The number of hydrogen-bond acceptors (Lipinski definition) is 5. The zero-order valence-electron chi connectivity index (χ0n) is 21.7. The van der Waals surface area contributed by atoms with Crippen LogP contribution >= 0.6 is 0 Å². The zero-order chi connectivity index (χ0) is 26.7. The summed E-state index contributed by atoms with van der Waals surface area (Å²) in [5.41, 5.74) is 1.36. The maximum atomic E-state index is 13.5. The number of hydrogen-bond donors (Lipinski definition) is 2. The number of benzene rings is 3. The monoisotopic (exact) mass is 513 g/mol. The topological polar surface area (TPSA) is 72.9 Å². The van der Waals surface area contributed by atoms with Gasteiger partial charge in [-0.05, 0) is 65.6 Å². The third-order valence-electron chi connectivity index (χ3n) is 6.72. The second-order valence-corrected chi connectivity index (χ2v) is 11.3. The van der Waals surface area contributed by atoms with Gasteiger partial charge < -0.3 is 14.9 Å². The van der Waals surface area contributed by atoms with Gasteiger partial charge in [-0.25, -0.2) is 17.5 Å². The minimum atomic E-state index is -4.07. The molecule has 2 atom stereocenters. The van der Waals surface area contributed by atoms with E-state index >= 15 is 0 Å². The van der Waals surface area contributed by atoms with Gasteiger partial charge in [-0.3, -0.25) is 0 Å². The Morgan fingerprint density at radius 2 is 1.25 bits per heavy atom. The van der Waals surface area contributed by atoms with Gasteiger partial charge >= 0.3 is 0 Å². The standard InChI is InChI=1S/C28H36FN3O3S/c1-7-20(2)27(30-36(34,35)26-18-12-23(29)13-19-26)28(33,21-8-14-24(15-9-21)31(3)4)22-10-16-25(17-11-22)32(5)6/h8-20,27,30,33H,7H2,1-6H3. The van der Waals surface area contributed by atoms with Crippen molar-refractivity contribution >= 4 is 21.4 Å². The first-order valence-electron chi connectivity index (χ1n) is 12.0. The molecule has 3 rings (SSSR count). The molecular formula is C28H36FN3O3S. The normalized spacial score (nSPS) is 13.8. The molecule has 0 fully saturated rings. The number of halogens is 1. The van der Waals surface area contributed by atoms with Gasteiger partial charge in [0.25, 0.3) is 0 Å². The summed E-state index contributed by atoms with van der Waals surface area (Å²) in [5.74, 6) is -0.766. The van der Waals surface area contributed by atoms with E-state index in [0.717, 1.165) is 23.5 Å². The summed E-state index contributed by atoms with van der Waals surface area (Å²) in [4.78, 5) is 3.85. The maximum Gasteiger partial charge on any atom is 0.240 e. The molecule has 36 heavy (non-hydrogen) atoms. The minimum Gasteiger partial charge on any atom is -0.379 e. The van der Waals surface area contributed by atoms with E-state index in [9.17, 15) is 17.9 Å². The Bertz CT molecular complexity index is 1190. The van der Waals surface area contributed by atoms with Crippen LogP contribution in [0.3, 0.4) is 0 Å². The molecule has 8 heteroatoms. The molecule has 0 aliphatic rings. The predicted octanol–water partition coefficient (Wildman–Crippen LogP) is 4.59. The summed E-state index contributed by atoms with van der Waals surface area (Å²) in [6.07, 6.45) is 0.616. The molecule has 2 unspecified atom stereocenters. The van der Waals surface area contributed by atoms with Crippen LogP contribution in [0.1, 0.15) is 31.4 Å². The van der Waals surface area contributed by atoms with E-state index in [4.69, 9.17) is 0 Å². The van der Waals surface area contributed by atoms with Crippen LogP contribution in [0.5, 0.6) is 0 Å². The van der Waals surface area contributed by atoms with Gasteiger partial charge in [0, 0.05) is 39.6 Å². The van der Waals surface area contributed by atoms with Gasteiger partial charge in [0.05, 0.1) is 10.9 Å². The molecule has 0 aliphatic carbocycles. The SMILES string of the molecule is CCC(C)C(NS(=O)(=O)c1ccc(F)cc1)C(O)(c1ccc(N(C)C)cc1)c1ccc(N(C)C)cc1. The number of anilines is 2. The molecule has 0 bridgehead atoms. The summed E-state index contributed by atoms with van der Waals surface area (Å²) in [6, 6.07) is 18.7. The summed E-state index contributed by atoms with van der Waals surface area (Å²) in [7, 11) is 3.66. The third kappa shape index (κ3) is 5.72. The number of nitrogens with zero attached hydrogens (tertiary/aromatic N) is 2. The fourth-order valence-electron chi connectivity index (χ4n) is 4.25. The minimum absolute atomic E-state index is 0.0644. The molecule has 0 saturated heterocycles. The van der Waals surface area contributed by atoms with Crippen molar-refractivity contribution in [2.45, 2.75) is 36.8 Å². The molecule has 6 nitrogen and oxygen atoms in total. The summed E-state index contributed by atoms with van der Waals surface area (Å²) < 4.78 is 43.1. The van der Waals surface area contributed by atoms with Crippen molar-refractivity contribution in [3.05, 3.63) is 89.7 Å². The van der Waals surface area contributed by atoms with Crippen molar-refractivity contribution in [1.82, 2.24) is 4.72 Å². The van der Waals surface area contributed by atoms with Crippen LogP contribution in [-0.2, 0) is 15.6 Å². The van der Waals surface area contributed by atoms with Crippen LogP contribution in [-0.4, -0.2) is 47.8 Å². The van der Waals surface area contributed by atoms with Gasteiger partial charge in [0.2, 0.25) is 10.0 Å². The molecule has 0 aliphatic heterocycles. The van der Waals surface area contributed by atoms with Crippen LogP contribution in [0.25, 0.3) is 0 Å².